The second kappa shape index (κ2) is 18.1. The van der Waals surface area contributed by atoms with Crippen LogP contribution in [-0.4, -0.2) is 0 Å². The maximum Gasteiger partial charge on any atom is 1.00 e. The normalized spacial score (nSPS) is 10.1. The van der Waals surface area contributed by atoms with Gasteiger partial charge in [0.15, 0.2) is 0 Å². The van der Waals surface area contributed by atoms with Gasteiger partial charge in [0.05, 0.1) is 0 Å². The van der Waals surface area contributed by atoms with Gasteiger partial charge in [0.25, 0.3) is 0 Å². The molecule has 4 heteroatoms. The van der Waals surface area contributed by atoms with E-state index in [1.807, 2.05) is 0 Å². The van der Waals surface area contributed by atoms with E-state index in [-0.39, 0.29) is 72.3 Å². The Morgan fingerprint density at radius 3 is 0.500 bits per heavy atom. The van der Waals surface area contributed by atoms with Crippen LogP contribution >= 0.6 is 15.8 Å². The third kappa shape index (κ3) is 9.22. The molecule has 6 aromatic carbocycles. The largest absolute Gasteiger partial charge is 1.00 e. The van der Waals surface area contributed by atoms with Crippen LogP contribution in [0.4, 0.5) is 0 Å². The first-order valence-corrected chi connectivity index (χ1v) is 15.5. The van der Waals surface area contributed by atoms with Crippen LogP contribution in [0.3, 0.4) is 0 Å². The molecule has 0 spiro atoms. The first-order chi connectivity index (χ1) is 18.9. The molecular weight excluding hydrogens is 635 g/mol. The fraction of sp³-hybridized carbons (Fsp3) is 0. The Labute approximate surface area is 298 Å². The molecule has 0 saturated heterocycles. The molecule has 0 atom stereocenters. The molecule has 0 aromatic heterocycles. The first kappa shape index (κ1) is 32.9. The van der Waals surface area contributed by atoms with Crippen LogP contribution in [0.1, 0.15) is 1.43 Å². The van der Waals surface area contributed by atoms with Gasteiger partial charge >= 0.3 is 51.4 Å². The van der Waals surface area contributed by atoms with Crippen molar-refractivity contribution in [2.75, 3.05) is 0 Å². The zero-order valence-electron chi connectivity index (χ0n) is 23.6. The second-order valence-electron chi connectivity index (χ2n) is 8.68. The minimum atomic E-state index is -0.446. The number of hydrogen-bond acceptors (Lipinski definition) is 0. The SMILES string of the molecule is [H-].[K+].[Ru].c1ccc(P(c2ccccc2)c2ccccc2)cc1.c1ccc(P(c2ccccc2)c2ccccc2)cc1. The Bertz CT molecular complexity index is 1190. The Balaban J connectivity index is 0.000000267. The Morgan fingerprint density at radius 1 is 0.250 bits per heavy atom. The van der Waals surface area contributed by atoms with E-state index in [0.29, 0.717) is 0 Å². The van der Waals surface area contributed by atoms with Crippen LogP contribution in [0.2, 0.25) is 0 Å². The topological polar surface area (TPSA) is 0 Å². The predicted molar refractivity (Wildman–Crippen MR) is 171 cm³/mol. The van der Waals surface area contributed by atoms with Gasteiger partial charge in [-0.2, -0.15) is 0 Å². The van der Waals surface area contributed by atoms with Gasteiger partial charge in [-0.05, 0) is 47.7 Å². The summed E-state index contributed by atoms with van der Waals surface area (Å²) in [5, 5.41) is 8.39. The standard InChI is InChI=1S/2C18H15P.K.Ru.H/c2*1-4-10-16(11-5-1)19(17-12-6-2-7-13-17)18-14-8-3-9-15-18;;;/h2*1-15H;;;/q;;+1;;-1. The fourth-order valence-corrected chi connectivity index (χ4v) is 8.97. The van der Waals surface area contributed by atoms with Gasteiger partial charge in [0.1, 0.15) is 0 Å². The van der Waals surface area contributed by atoms with E-state index in [2.05, 4.69) is 182 Å². The molecular formula is C36H31KP2Ru. The van der Waals surface area contributed by atoms with E-state index >= 15 is 0 Å². The summed E-state index contributed by atoms with van der Waals surface area (Å²) in [5.41, 5.74) is 0. The molecule has 0 aliphatic rings. The quantitative estimate of drug-likeness (QED) is 0.187. The molecule has 0 N–H and O–H groups in total. The molecule has 0 heterocycles. The van der Waals surface area contributed by atoms with E-state index in [1.54, 1.807) is 0 Å². The van der Waals surface area contributed by atoms with Crippen LogP contribution in [0, 0.1) is 0 Å². The van der Waals surface area contributed by atoms with E-state index in [1.165, 1.54) is 31.8 Å². The van der Waals surface area contributed by atoms with E-state index in [4.69, 9.17) is 0 Å². The van der Waals surface area contributed by atoms with Crippen molar-refractivity contribution in [3.05, 3.63) is 182 Å². The predicted octanol–water partition coefficient (Wildman–Crippen LogP) is 4.00. The molecule has 0 amide bonds. The molecule has 40 heavy (non-hydrogen) atoms. The van der Waals surface area contributed by atoms with Crippen molar-refractivity contribution in [1.82, 2.24) is 0 Å². The zero-order chi connectivity index (χ0) is 25.8. The summed E-state index contributed by atoms with van der Waals surface area (Å²) in [6, 6.07) is 64.7. The van der Waals surface area contributed by atoms with E-state index in [9.17, 15) is 0 Å². The second-order valence-corrected chi connectivity index (χ2v) is 13.1. The van der Waals surface area contributed by atoms with Crippen LogP contribution in [-0.2, 0) is 19.5 Å². The Morgan fingerprint density at radius 2 is 0.375 bits per heavy atom. The maximum absolute atomic E-state index is 2.23. The average Bonchev–Trinajstić information content (AvgIpc) is 3.01. The summed E-state index contributed by atoms with van der Waals surface area (Å²) in [7, 11) is -0.892. The van der Waals surface area contributed by atoms with Gasteiger partial charge in [-0.1, -0.05) is 182 Å². The fourth-order valence-electron chi connectivity index (χ4n) is 4.36. The van der Waals surface area contributed by atoms with Gasteiger partial charge in [0.2, 0.25) is 0 Å². The molecule has 6 rings (SSSR count). The molecule has 0 fully saturated rings. The summed E-state index contributed by atoms with van der Waals surface area (Å²) in [4.78, 5) is 0. The van der Waals surface area contributed by atoms with Crippen LogP contribution in [0.25, 0.3) is 0 Å². The van der Waals surface area contributed by atoms with Gasteiger partial charge in [0, 0.05) is 19.5 Å². The summed E-state index contributed by atoms with van der Waals surface area (Å²) in [6.45, 7) is 0. The zero-order valence-corrected chi connectivity index (χ0v) is 29.2. The minimum absolute atomic E-state index is 0. The average molecular weight is 666 g/mol. The van der Waals surface area contributed by atoms with Gasteiger partial charge in [-0.15, -0.1) is 0 Å². The molecule has 0 aliphatic carbocycles. The van der Waals surface area contributed by atoms with Gasteiger partial charge in [-0.3, -0.25) is 0 Å². The maximum atomic E-state index is 2.23. The van der Waals surface area contributed by atoms with Crippen molar-refractivity contribution in [3.63, 3.8) is 0 Å². The van der Waals surface area contributed by atoms with Crippen molar-refractivity contribution in [1.29, 1.82) is 0 Å². The smallest absolute Gasteiger partial charge is 1.00 e. The van der Waals surface area contributed by atoms with Gasteiger partial charge < -0.3 is 1.43 Å². The van der Waals surface area contributed by atoms with Crippen molar-refractivity contribution in [2.24, 2.45) is 0 Å². The molecule has 0 aliphatic heterocycles. The monoisotopic (exact) mass is 666 g/mol. The van der Waals surface area contributed by atoms with Crippen molar-refractivity contribution in [2.45, 2.75) is 0 Å². The third-order valence-corrected chi connectivity index (χ3v) is 11.0. The minimum Gasteiger partial charge on any atom is -1.00 e. The summed E-state index contributed by atoms with van der Waals surface area (Å²) < 4.78 is 0. The molecule has 0 saturated carbocycles. The molecule has 0 nitrogen and oxygen atoms in total. The van der Waals surface area contributed by atoms with Crippen molar-refractivity contribution < 1.29 is 72.3 Å². The van der Waals surface area contributed by atoms with Crippen molar-refractivity contribution >= 4 is 47.7 Å². The summed E-state index contributed by atoms with van der Waals surface area (Å²) >= 11 is 0. The molecule has 0 unspecified atom stereocenters. The Kier molecular flexibility index (Phi) is 14.9. The van der Waals surface area contributed by atoms with Crippen LogP contribution < -0.4 is 83.2 Å². The molecule has 0 bridgehead atoms. The number of rotatable bonds is 6. The number of benzene rings is 6. The summed E-state index contributed by atoms with van der Waals surface area (Å²) in [5.74, 6) is 0. The molecule has 0 radical (unpaired) electrons. The Hall–Kier alpha value is -1.56. The third-order valence-electron chi connectivity index (χ3n) is 6.09. The van der Waals surface area contributed by atoms with Gasteiger partial charge in [-0.25, -0.2) is 0 Å². The first-order valence-electron chi connectivity index (χ1n) is 12.8. The summed E-state index contributed by atoms with van der Waals surface area (Å²) in [6.07, 6.45) is 0. The van der Waals surface area contributed by atoms with Crippen LogP contribution in [0.5, 0.6) is 0 Å². The van der Waals surface area contributed by atoms with Crippen LogP contribution in [0.15, 0.2) is 182 Å². The number of hydrogen-bond donors (Lipinski definition) is 0. The molecule has 6 aromatic rings. The van der Waals surface area contributed by atoms with E-state index in [0.717, 1.165) is 0 Å². The van der Waals surface area contributed by atoms with Crippen molar-refractivity contribution in [3.8, 4) is 0 Å². The van der Waals surface area contributed by atoms with E-state index < -0.39 is 15.8 Å². The molecule has 194 valence electrons.